The van der Waals surface area contributed by atoms with E-state index in [0.717, 1.165) is 6.92 Å². The molecule has 2 aliphatic heterocycles. The molecule has 1 fully saturated rings. The fourth-order valence-corrected chi connectivity index (χ4v) is 5.32. The van der Waals surface area contributed by atoms with E-state index in [1.807, 2.05) is 0 Å². The van der Waals surface area contributed by atoms with Crippen molar-refractivity contribution in [1.82, 2.24) is 10.2 Å². The van der Waals surface area contributed by atoms with E-state index in [1.165, 1.54) is 0 Å². The Morgan fingerprint density at radius 1 is 1.23 bits per heavy atom. The molecule has 12 heteroatoms. The Morgan fingerprint density at radius 2 is 1.87 bits per heavy atom. The summed E-state index contributed by atoms with van der Waals surface area (Å²) < 4.78 is 30.0. The molecule has 2 aliphatic rings. The van der Waals surface area contributed by atoms with Gasteiger partial charge in [0.2, 0.25) is 5.91 Å². The zero-order valence-corrected chi connectivity index (χ0v) is 20.2. The van der Waals surface area contributed by atoms with Crippen molar-refractivity contribution < 1.29 is 88.8 Å². The molecule has 30 heavy (non-hydrogen) atoms. The molecule has 1 N–H and O–H groups in total. The molecule has 0 saturated carbocycles. The van der Waals surface area contributed by atoms with Gasteiger partial charge in [0.15, 0.2) is 15.2 Å². The fraction of sp³-hybridized carbons (Fsp3) is 0.333. The predicted molar refractivity (Wildman–Crippen MR) is 95.2 cm³/mol. The minimum atomic E-state index is -4.04. The van der Waals surface area contributed by atoms with Gasteiger partial charge in [-0.05, 0) is 5.56 Å². The van der Waals surface area contributed by atoms with Gasteiger partial charge in [0.1, 0.15) is 12.6 Å². The quantitative estimate of drug-likeness (QED) is 0.252. The average Bonchev–Trinajstić information content (AvgIpc) is 2.64. The van der Waals surface area contributed by atoms with Crippen molar-refractivity contribution in [2.45, 2.75) is 24.8 Å². The minimum absolute atomic E-state index is 0. The Balaban J connectivity index is 0.00000320. The number of benzene rings is 1. The van der Waals surface area contributed by atoms with Crippen molar-refractivity contribution >= 4 is 33.6 Å². The number of fused-ring (bicyclic) bond motifs is 1. The van der Waals surface area contributed by atoms with Gasteiger partial charge in [-0.15, -0.1) is 0 Å². The normalized spacial score (nSPS) is 21.6. The van der Waals surface area contributed by atoms with E-state index in [4.69, 9.17) is 4.74 Å². The zero-order chi connectivity index (χ0) is 21.3. The summed E-state index contributed by atoms with van der Waals surface area (Å²) in [4.78, 5) is 47.8. The molecule has 0 unspecified atom stereocenters. The van der Waals surface area contributed by atoms with E-state index in [1.54, 1.807) is 30.3 Å². The molecule has 0 radical (unpaired) electrons. The summed E-state index contributed by atoms with van der Waals surface area (Å²) >= 11 is 0. The fourth-order valence-electron chi connectivity index (χ4n) is 3.32. The number of carbonyl (C=O) groups excluding carboxylic acids is 4. The van der Waals surface area contributed by atoms with Crippen LogP contribution >= 0.6 is 0 Å². The first-order valence-electron chi connectivity index (χ1n) is 8.56. The first-order chi connectivity index (χ1) is 13.6. The summed E-state index contributed by atoms with van der Waals surface area (Å²) in [5, 5.41) is 12.4. The van der Waals surface area contributed by atoms with E-state index in [9.17, 15) is 32.7 Å². The summed E-state index contributed by atoms with van der Waals surface area (Å²) in [6, 6.07) is 7.22. The summed E-state index contributed by atoms with van der Waals surface area (Å²) in [5.74, 6) is -4.71. The van der Waals surface area contributed by atoms with Gasteiger partial charge in [-0.3, -0.25) is 19.3 Å². The molecule has 1 saturated heterocycles. The predicted octanol–water partition coefficient (Wildman–Crippen LogP) is -5.12. The number of esters is 1. The molecule has 2 amide bonds. The van der Waals surface area contributed by atoms with Crippen molar-refractivity contribution in [3.63, 3.8) is 0 Å². The number of aliphatic carboxylic acids is 1. The first kappa shape index (κ1) is 24.7. The second-order valence-corrected chi connectivity index (χ2v) is 8.73. The summed E-state index contributed by atoms with van der Waals surface area (Å²) in [5.41, 5.74) is -0.248. The number of sulfone groups is 1. The molecule has 10 nitrogen and oxygen atoms in total. The van der Waals surface area contributed by atoms with Crippen LogP contribution in [-0.2, 0) is 40.2 Å². The Kier molecular flexibility index (Phi) is 7.99. The summed E-state index contributed by atoms with van der Waals surface area (Å²) in [6.45, 7) is 0.478. The molecule has 154 valence electrons. The number of hydrogen-bond acceptors (Lipinski definition) is 8. The molecular formula is C18H17KN2O8S. The van der Waals surface area contributed by atoms with Crippen LogP contribution in [0.25, 0.3) is 0 Å². The first-order valence-corrected chi connectivity index (χ1v) is 10.3. The van der Waals surface area contributed by atoms with Crippen molar-refractivity contribution in [2.75, 3.05) is 12.4 Å². The van der Waals surface area contributed by atoms with E-state index in [-0.39, 0.29) is 63.4 Å². The number of nitrogens with one attached hydrogen (secondary N) is 1. The van der Waals surface area contributed by atoms with Gasteiger partial charge in [0, 0.05) is 12.5 Å². The Bertz CT molecular complexity index is 1020. The zero-order valence-electron chi connectivity index (χ0n) is 16.3. The van der Waals surface area contributed by atoms with Gasteiger partial charge in [-0.1, -0.05) is 30.3 Å². The Labute approximate surface area is 215 Å². The van der Waals surface area contributed by atoms with E-state index in [2.05, 4.69) is 5.32 Å². The number of carbonyl (C=O) groups is 4. The molecule has 0 aliphatic carbocycles. The molecule has 0 aromatic heterocycles. The number of β-lactam (4-membered cyclic amide) rings is 1. The average molecular weight is 461 g/mol. The molecule has 0 bridgehead atoms. The van der Waals surface area contributed by atoms with Crippen LogP contribution in [0.2, 0.25) is 0 Å². The topological polar surface area (TPSA) is 150 Å². The molecule has 2 heterocycles. The number of ether oxygens (including phenoxy) is 1. The smallest absolute Gasteiger partial charge is 0.543 e. The monoisotopic (exact) mass is 460 g/mol. The number of rotatable bonds is 6. The van der Waals surface area contributed by atoms with Crippen LogP contribution in [0.15, 0.2) is 41.6 Å². The van der Waals surface area contributed by atoms with Crippen molar-refractivity contribution in [1.29, 1.82) is 0 Å². The van der Waals surface area contributed by atoms with Crippen LogP contribution in [0, 0.1) is 0 Å². The third kappa shape index (κ3) is 5.00. The molecule has 1 aromatic rings. The van der Waals surface area contributed by atoms with Crippen LogP contribution in [0.1, 0.15) is 12.5 Å². The molecule has 1 aromatic carbocycles. The second kappa shape index (κ2) is 9.70. The largest absolute Gasteiger partial charge is 1.00 e. The van der Waals surface area contributed by atoms with Gasteiger partial charge in [-0.2, -0.15) is 0 Å². The van der Waals surface area contributed by atoms with E-state index < -0.39 is 63.1 Å². The van der Waals surface area contributed by atoms with Gasteiger partial charge < -0.3 is 20.0 Å². The summed E-state index contributed by atoms with van der Waals surface area (Å²) in [7, 11) is -4.04. The van der Waals surface area contributed by atoms with E-state index >= 15 is 0 Å². The van der Waals surface area contributed by atoms with Gasteiger partial charge in [0.25, 0.3) is 5.91 Å². The van der Waals surface area contributed by atoms with Crippen molar-refractivity contribution in [3.8, 4) is 0 Å². The maximum atomic E-state index is 12.6. The van der Waals surface area contributed by atoms with Crippen LogP contribution in [0.3, 0.4) is 0 Å². The van der Waals surface area contributed by atoms with Crippen LogP contribution in [-0.4, -0.2) is 60.8 Å². The number of hydrogen-bond donors (Lipinski definition) is 1. The SMILES string of the molecule is CC(=O)OCC1=C(C(=O)[O-])N2C(=O)[C@@H](NC(=O)Cc3ccccc3)[C@@H]2S(=O)(=O)C1.[K+]. The third-order valence-electron chi connectivity index (χ3n) is 4.53. The maximum absolute atomic E-state index is 12.6. The molecular weight excluding hydrogens is 443 g/mol. The third-order valence-corrected chi connectivity index (χ3v) is 6.50. The Hall–Kier alpha value is -1.57. The van der Waals surface area contributed by atoms with Crippen LogP contribution < -0.4 is 61.8 Å². The van der Waals surface area contributed by atoms with Crippen LogP contribution in [0.5, 0.6) is 0 Å². The number of amides is 2. The molecule has 2 atom stereocenters. The molecule has 0 spiro atoms. The van der Waals surface area contributed by atoms with Gasteiger partial charge in [-0.25, -0.2) is 8.42 Å². The Morgan fingerprint density at radius 3 is 2.43 bits per heavy atom. The number of carboxylic acids is 1. The van der Waals surface area contributed by atoms with Gasteiger partial charge >= 0.3 is 57.4 Å². The summed E-state index contributed by atoms with van der Waals surface area (Å²) in [6.07, 6.45) is -0.0712. The van der Waals surface area contributed by atoms with Gasteiger partial charge in [0.05, 0.1) is 23.8 Å². The van der Waals surface area contributed by atoms with Crippen LogP contribution in [0.4, 0.5) is 0 Å². The molecule has 3 rings (SSSR count). The number of nitrogens with zero attached hydrogens (tertiary/aromatic N) is 1. The van der Waals surface area contributed by atoms with E-state index in [0.29, 0.717) is 10.5 Å². The van der Waals surface area contributed by atoms with Crippen molar-refractivity contribution in [2.24, 2.45) is 0 Å². The maximum Gasteiger partial charge on any atom is 1.00 e. The minimum Gasteiger partial charge on any atom is -0.543 e. The van der Waals surface area contributed by atoms with Crippen molar-refractivity contribution in [3.05, 3.63) is 47.2 Å². The second-order valence-electron chi connectivity index (χ2n) is 6.63. The standard InChI is InChI=1S/C18H18N2O8S.K/c1-10(21)28-8-12-9-29(26,27)17-14(16(23)20(17)15(12)18(24)25)19-13(22)7-11-5-3-2-4-6-11;/h2-6,14,17H,7-9H2,1H3,(H,19,22)(H,24,25);/q;+1/p-1/t14-,17+;/m1./s1. The number of carboxylic acid groups (broad SMARTS) is 1.